The number of nitro groups is 1. The molecule has 0 aliphatic heterocycles. The summed E-state index contributed by atoms with van der Waals surface area (Å²) < 4.78 is 5.59. The average Bonchev–Trinajstić information content (AvgIpc) is 2.48. The van der Waals surface area contributed by atoms with Gasteiger partial charge in [-0.2, -0.15) is 0 Å². The molecule has 2 rings (SSSR count). The van der Waals surface area contributed by atoms with Gasteiger partial charge in [-0.05, 0) is 19.1 Å². The lowest BCUT2D eigenvalue weighted by Crippen LogP contribution is -2.06. The maximum atomic E-state index is 11.5. The van der Waals surface area contributed by atoms with Gasteiger partial charge in [-0.15, -0.1) is 0 Å². The molecule has 0 atom stereocenters. The highest BCUT2D eigenvalue weighted by molar-refractivity contribution is 5.96. The van der Waals surface area contributed by atoms with Gasteiger partial charge in [0.05, 0.1) is 17.1 Å². The summed E-state index contributed by atoms with van der Waals surface area (Å²) in [7, 11) is 0. The van der Waals surface area contributed by atoms with Crippen LogP contribution in [0.5, 0.6) is 5.75 Å². The Kier molecular flexibility index (Phi) is 4.66. The van der Waals surface area contributed by atoms with Gasteiger partial charge in [0.25, 0.3) is 5.69 Å². The molecule has 0 fully saturated rings. The molecule has 0 spiro atoms. The predicted octanol–water partition coefficient (Wildman–Crippen LogP) is 3.42. The molecule has 0 saturated carbocycles. The maximum Gasteiger partial charge on any atom is 0.272 e. The third kappa shape index (κ3) is 3.66. The van der Waals surface area contributed by atoms with Crippen LogP contribution < -0.4 is 4.74 Å². The first-order valence-electron chi connectivity index (χ1n) is 6.54. The van der Waals surface area contributed by atoms with E-state index in [1.54, 1.807) is 42.5 Å². The molecule has 21 heavy (non-hydrogen) atoms. The second-order valence-corrected chi connectivity index (χ2v) is 4.54. The Balaban J connectivity index is 2.06. The highest BCUT2D eigenvalue weighted by atomic mass is 16.6. The van der Waals surface area contributed by atoms with Crippen LogP contribution in [0.1, 0.15) is 22.8 Å². The number of Topliss-reactive ketones (excluding diaryl/α,β-unsaturated/α-hetero) is 1. The van der Waals surface area contributed by atoms with Crippen LogP contribution in [0.2, 0.25) is 0 Å². The molecule has 0 amide bonds. The van der Waals surface area contributed by atoms with Crippen molar-refractivity contribution in [3.8, 4) is 5.75 Å². The van der Waals surface area contributed by atoms with Gasteiger partial charge in [0.2, 0.25) is 0 Å². The van der Waals surface area contributed by atoms with Crippen molar-refractivity contribution in [1.29, 1.82) is 0 Å². The molecule has 0 aromatic heterocycles. The number of rotatable bonds is 6. The van der Waals surface area contributed by atoms with Gasteiger partial charge in [-0.25, -0.2) is 0 Å². The molecular formula is C16H15NO4. The van der Waals surface area contributed by atoms with Crippen molar-refractivity contribution in [3.63, 3.8) is 0 Å². The Hall–Kier alpha value is -2.69. The number of hydrogen-bond donors (Lipinski definition) is 0. The van der Waals surface area contributed by atoms with Crippen molar-refractivity contribution in [2.75, 3.05) is 6.61 Å². The van der Waals surface area contributed by atoms with E-state index >= 15 is 0 Å². The number of hydrogen-bond acceptors (Lipinski definition) is 4. The van der Waals surface area contributed by atoms with Gasteiger partial charge in [-0.3, -0.25) is 14.9 Å². The fourth-order valence-electron chi connectivity index (χ4n) is 2.05. The Morgan fingerprint density at radius 3 is 2.52 bits per heavy atom. The molecule has 108 valence electrons. The summed E-state index contributed by atoms with van der Waals surface area (Å²) in [6.45, 7) is 1.75. The van der Waals surface area contributed by atoms with Crippen LogP contribution in [0, 0.1) is 10.1 Å². The van der Waals surface area contributed by atoms with Crippen molar-refractivity contribution in [1.82, 2.24) is 0 Å². The molecule has 0 aliphatic carbocycles. The third-order valence-electron chi connectivity index (χ3n) is 3.08. The minimum Gasteiger partial charge on any atom is -0.492 e. The Morgan fingerprint density at radius 1 is 1.14 bits per heavy atom. The van der Waals surface area contributed by atoms with E-state index in [0.29, 0.717) is 23.3 Å². The second kappa shape index (κ2) is 6.65. The van der Waals surface area contributed by atoms with Crippen LogP contribution in [-0.2, 0) is 6.42 Å². The largest absolute Gasteiger partial charge is 0.492 e. The number of carbonyl (C=O) groups excluding carboxylic acids is 1. The average molecular weight is 285 g/mol. The zero-order valence-electron chi connectivity index (χ0n) is 11.6. The quantitative estimate of drug-likeness (QED) is 0.463. The van der Waals surface area contributed by atoms with Gasteiger partial charge in [0.1, 0.15) is 5.75 Å². The van der Waals surface area contributed by atoms with Crippen LogP contribution >= 0.6 is 0 Å². The van der Waals surface area contributed by atoms with Crippen LogP contribution in [0.3, 0.4) is 0 Å². The second-order valence-electron chi connectivity index (χ2n) is 4.54. The summed E-state index contributed by atoms with van der Waals surface area (Å²) in [5.41, 5.74) is 1.21. The predicted molar refractivity (Wildman–Crippen MR) is 78.7 cm³/mol. The van der Waals surface area contributed by atoms with E-state index in [1.165, 1.54) is 13.0 Å². The van der Waals surface area contributed by atoms with Gasteiger partial charge in [0, 0.05) is 18.1 Å². The topological polar surface area (TPSA) is 69.4 Å². The summed E-state index contributed by atoms with van der Waals surface area (Å²) in [5, 5.41) is 10.9. The van der Waals surface area contributed by atoms with Gasteiger partial charge in [0.15, 0.2) is 5.78 Å². The Labute approximate surface area is 122 Å². The van der Waals surface area contributed by atoms with Crippen molar-refractivity contribution >= 4 is 11.5 Å². The highest BCUT2D eigenvalue weighted by Crippen LogP contribution is 2.21. The van der Waals surface area contributed by atoms with Crippen molar-refractivity contribution in [2.45, 2.75) is 13.3 Å². The van der Waals surface area contributed by atoms with Crippen molar-refractivity contribution in [2.24, 2.45) is 0 Å². The number of para-hydroxylation sites is 2. The molecule has 5 heteroatoms. The van der Waals surface area contributed by atoms with E-state index in [-0.39, 0.29) is 18.1 Å². The summed E-state index contributed by atoms with van der Waals surface area (Å²) >= 11 is 0. The molecule has 5 nitrogen and oxygen atoms in total. The summed E-state index contributed by atoms with van der Waals surface area (Å²) in [5.74, 6) is 0.430. The van der Waals surface area contributed by atoms with Crippen LogP contribution in [0.15, 0.2) is 48.5 Å². The molecule has 0 bridgehead atoms. The number of ketones is 1. The van der Waals surface area contributed by atoms with Crippen molar-refractivity contribution < 1.29 is 14.5 Å². The summed E-state index contributed by atoms with van der Waals surface area (Å²) in [6.07, 6.45) is 0.406. The first-order valence-corrected chi connectivity index (χ1v) is 6.54. The number of nitrogens with zero attached hydrogens (tertiary/aromatic N) is 1. The van der Waals surface area contributed by atoms with Gasteiger partial charge >= 0.3 is 0 Å². The van der Waals surface area contributed by atoms with E-state index in [0.717, 1.165) is 0 Å². The summed E-state index contributed by atoms with van der Waals surface area (Å²) in [4.78, 5) is 22.0. The van der Waals surface area contributed by atoms with E-state index < -0.39 is 4.92 Å². The van der Waals surface area contributed by atoms with E-state index in [2.05, 4.69) is 0 Å². The molecule has 0 heterocycles. The third-order valence-corrected chi connectivity index (χ3v) is 3.08. The fraction of sp³-hybridized carbons (Fsp3) is 0.188. The van der Waals surface area contributed by atoms with E-state index in [4.69, 9.17) is 4.74 Å². The lowest BCUT2D eigenvalue weighted by Gasteiger charge is -2.09. The molecule has 0 aliphatic rings. The normalized spacial score (nSPS) is 10.1. The first kappa shape index (κ1) is 14.7. The minimum absolute atomic E-state index is 0.0729. The Bertz CT molecular complexity index is 609. The van der Waals surface area contributed by atoms with Crippen LogP contribution in [0.25, 0.3) is 0 Å². The Morgan fingerprint density at radius 2 is 1.81 bits per heavy atom. The minimum atomic E-state index is -0.404. The lowest BCUT2D eigenvalue weighted by atomic mass is 10.1. The lowest BCUT2D eigenvalue weighted by molar-refractivity contribution is -0.385. The monoisotopic (exact) mass is 285 g/mol. The number of carbonyl (C=O) groups is 1. The molecule has 0 N–H and O–H groups in total. The number of nitro benzene ring substituents is 1. The molecule has 0 saturated heterocycles. The molecule has 0 unspecified atom stereocenters. The smallest absolute Gasteiger partial charge is 0.272 e. The maximum absolute atomic E-state index is 11.5. The van der Waals surface area contributed by atoms with E-state index in [1.807, 2.05) is 0 Å². The molecule has 2 aromatic carbocycles. The zero-order chi connectivity index (χ0) is 15.2. The van der Waals surface area contributed by atoms with Gasteiger partial charge < -0.3 is 4.74 Å². The molecular weight excluding hydrogens is 270 g/mol. The van der Waals surface area contributed by atoms with Crippen LogP contribution in [0.4, 0.5) is 5.69 Å². The SMILES string of the molecule is CC(=O)c1ccccc1OCCc1ccccc1[N+](=O)[O-]. The van der Waals surface area contributed by atoms with Gasteiger partial charge in [-0.1, -0.05) is 30.3 Å². The van der Waals surface area contributed by atoms with Crippen molar-refractivity contribution in [3.05, 3.63) is 69.8 Å². The molecule has 0 radical (unpaired) electrons. The highest BCUT2D eigenvalue weighted by Gasteiger charge is 2.13. The number of ether oxygens (including phenoxy) is 1. The standard InChI is InChI=1S/C16H15NO4/c1-12(18)14-7-3-5-9-16(14)21-11-10-13-6-2-4-8-15(13)17(19)20/h2-9H,10-11H2,1H3. The number of benzene rings is 2. The summed E-state index contributed by atoms with van der Waals surface area (Å²) in [6, 6.07) is 13.5. The van der Waals surface area contributed by atoms with Crippen LogP contribution in [-0.4, -0.2) is 17.3 Å². The van der Waals surface area contributed by atoms with E-state index in [9.17, 15) is 14.9 Å². The zero-order valence-corrected chi connectivity index (χ0v) is 11.6. The fourth-order valence-corrected chi connectivity index (χ4v) is 2.05. The molecule has 2 aromatic rings. The first-order chi connectivity index (χ1) is 10.1.